The topological polar surface area (TPSA) is 64.1 Å². The van der Waals surface area contributed by atoms with Crippen molar-refractivity contribution in [2.24, 2.45) is 0 Å². The lowest BCUT2D eigenvalue weighted by Gasteiger charge is -2.43. The molecule has 0 radical (unpaired) electrons. The Morgan fingerprint density at radius 2 is 1.51 bits per heavy atom. The van der Waals surface area contributed by atoms with Crippen molar-refractivity contribution in [1.82, 2.24) is 9.80 Å². The van der Waals surface area contributed by atoms with Crippen LogP contribution in [0.4, 0.5) is 41.2 Å². The van der Waals surface area contributed by atoms with Gasteiger partial charge in [-0.3, -0.25) is 9.69 Å². The molecule has 2 atom stereocenters. The van der Waals surface area contributed by atoms with Crippen molar-refractivity contribution >= 4 is 17.6 Å². The molecule has 3 amide bonds. The van der Waals surface area contributed by atoms with Crippen LogP contribution in [0.1, 0.15) is 29.0 Å². The van der Waals surface area contributed by atoms with Crippen LogP contribution in [0, 0.1) is 5.82 Å². The number of carbonyl (C=O) groups is 2. The molecule has 0 bridgehead atoms. The highest BCUT2D eigenvalue weighted by Crippen LogP contribution is 2.39. The Morgan fingerprint density at radius 1 is 0.973 bits per heavy atom. The molecule has 0 aromatic heterocycles. The van der Waals surface area contributed by atoms with Crippen molar-refractivity contribution in [2.45, 2.75) is 30.7 Å². The molecule has 3 rings (SSSR count). The number of aliphatic hydroxyl groups is 1. The third-order valence-electron chi connectivity index (χ3n) is 6.41. The fourth-order valence-electron chi connectivity index (χ4n) is 4.39. The van der Waals surface area contributed by atoms with Crippen LogP contribution in [0.3, 0.4) is 0 Å². The van der Waals surface area contributed by atoms with Gasteiger partial charge in [-0.1, -0.05) is 12.1 Å². The number of urea groups is 1. The predicted molar refractivity (Wildman–Crippen MR) is 119 cm³/mol. The first kappa shape index (κ1) is 28.2. The molecule has 1 heterocycles. The van der Waals surface area contributed by atoms with Gasteiger partial charge in [0.05, 0.1) is 11.1 Å². The Balaban J connectivity index is 1.95. The van der Waals surface area contributed by atoms with E-state index in [1.807, 2.05) is 0 Å². The van der Waals surface area contributed by atoms with Gasteiger partial charge in [0.1, 0.15) is 12.4 Å². The molecule has 1 aliphatic rings. The van der Waals surface area contributed by atoms with Crippen LogP contribution in [0.2, 0.25) is 0 Å². The summed E-state index contributed by atoms with van der Waals surface area (Å²) in [4.78, 5) is 28.6. The first-order valence-electron chi connectivity index (χ1n) is 11.1. The van der Waals surface area contributed by atoms with Gasteiger partial charge in [0.25, 0.3) is 0 Å². The van der Waals surface area contributed by atoms with E-state index in [9.17, 15) is 45.4 Å². The fraction of sp³-hybridized carbons (Fsp3) is 0.417. The van der Waals surface area contributed by atoms with E-state index in [2.05, 4.69) is 0 Å². The second-order valence-electron chi connectivity index (χ2n) is 8.73. The summed E-state index contributed by atoms with van der Waals surface area (Å²) in [5.74, 6) is -1.65. The summed E-state index contributed by atoms with van der Waals surface area (Å²) in [6.07, 6.45) is -9.96. The largest absolute Gasteiger partial charge is 0.416 e. The van der Waals surface area contributed by atoms with Gasteiger partial charge in [0, 0.05) is 44.8 Å². The average molecular weight is 535 g/mol. The minimum Gasteiger partial charge on any atom is -0.387 e. The number of benzene rings is 2. The van der Waals surface area contributed by atoms with Crippen LogP contribution >= 0.6 is 0 Å². The molecule has 0 saturated carbocycles. The lowest BCUT2D eigenvalue weighted by Crippen LogP contribution is -2.54. The lowest BCUT2D eigenvalue weighted by molar-refractivity contribution is -0.143. The summed E-state index contributed by atoms with van der Waals surface area (Å²) in [7, 11) is 2.41. The van der Waals surface area contributed by atoms with Crippen molar-refractivity contribution in [1.29, 1.82) is 0 Å². The minimum absolute atomic E-state index is 0.0238. The van der Waals surface area contributed by atoms with Crippen LogP contribution < -0.4 is 4.90 Å². The molecule has 2 aromatic rings. The molecule has 1 saturated heterocycles. The minimum atomic E-state index is -5.08. The van der Waals surface area contributed by atoms with E-state index in [1.54, 1.807) is 0 Å². The molecule has 0 aliphatic carbocycles. The number of amides is 3. The molecule has 0 unspecified atom stereocenters. The monoisotopic (exact) mass is 535 g/mol. The van der Waals surface area contributed by atoms with E-state index in [-0.39, 0.29) is 25.6 Å². The highest BCUT2D eigenvalue weighted by Gasteiger charge is 2.40. The molecule has 1 aliphatic heterocycles. The van der Waals surface area contributed by atoms with Crippen LogP contribution in [0.15, 0.2) is 42.5 Å². The number of halogens is 7. The van der Waals surface area contributed by atoms with E-state index in [0.717, 1.165) is 7.05 Å². The number of hydrogen-bond donors (Lipinski definition) is 1. The maximum atomic E-state index is 13.5. The van der Waals surface area contributed by atoms with E-state index in [0.29, 0.717) is 22.6 Å². The number of likely N-dealkylation sites (tertiary alicyclic amines) is 1. The van der Waals surface area contributed by atoms with Crippen molar-refractivity contribution in [3.8, 4) is 0 Å². The van der Waals surface area contributed by atoms with E-state index in [1.165, 1.54) is 41.1 Å². The normalized spacial score (nSPS) is 18.5. The Morgan fingerprint density at radius 3 is 2.00 bits per heavy atom. The number of piperidine rings is 1. The molecule has 2 aromatic carbocycles. The molecular weight excluding hydrogens is 511 g/mol. The zero-order chi connectivity index (χ0) is 27.7. The number of aliphatic hydroxyl groups excluding tert-OH is 1. The van der Waals surface area contributed by atoms with Crippen LogP contribution in [0.5, 0.6) is 0 Å². The van der Waals surface area contributed by atoms with Crippen molar-refractivity contribution in [3.05, 3.63) is 65.0 Å². The summed E-state index contributed by atoms with van der Waals surface area (Å²) in [6.45, 7) is -0.543. The van der Waals surface area contributed by atoms with Gasteiger partial charge in [0.15, 0.2) is 0 Å². The fourth-order valence-corrected chi connectivity index (χ4v) is 4.39. The van der Waals surface area contributed by atoms with E-state index < -0.39 is 65.5 Å². The van der Waals surface area contributed by atoms with Gasteiger partial charge in [0.2, 0.25) is 5.91 Å². The van der Waals surface area contributed by atoms with Crippen LogP contribution in [0.25, 0.3) is 0 Å². The predicted octanol–water partition coefficient (Wildman–Crippen LogP) is 4.73. The first-order chi connectivity index (χ1) is 17.1. The number of alkyl halides is 6. The zero-order valence-corrected chi connectivity index (χ0v) is 19.8. The number of nitrogens with zero attached hydrogens (tertiary/aromatic N) is 3. The molecule has 1 fully saturated rings. The van der Waals surface area contributed by atoms with Crippen molar-refractivity contribution < 1.29 is 45.4 Å². The SMILES string of the molecule is CN(C(=O)N(C)[C@@H]1CCN(C(=O)CO)C[C@H]1c1ccc(F)cc1)c1cc(C(F)(F)F)cc(C(F)(F)F)c1. The van der Waals surface area contributed by atoms with Gasteiger partial charge < -0.3 is 14.9 Å². The highest BCUT2D eigenvalue weighted by molar-refractivity contribution is 5.92. The van der Waals surface area contributed by atoms with Gasteiger partial charge >= 0.3 is 18.4 Å². The van der Waals surface area contributed by atoms with Crippen LogP contribution in [-0.2, 0) is 17.1 Å². The average Bonchev–Trinajstić information content (AvgIpc) is 2.85. The summed E-state index contributed by atoms with van der Waals surface area (Å²) in [5, 5.41) is 9.23. The number of anilines is 1. The quantitative estimate of drug-likeness (QED) is 0.576. The molecule has 202 valence electrons. The first-order valence-corrected chi connectivity index (χ1v) is 11.1. The summed E-state index contributed by atoms with van der Waals surface area (Å²) < 4.78 is 93.2. The summed E-state index contributed by atoms with van der Waals surface area (Å²) >= 11 is 0. The van der Waals surface area contributed by atoms with Gasteiger partial charge in [-0.25, -0.2) is 9.18 Å². The molecule has 1 N–H and O–H groups in total. The van der Waals surface area contributed by atoms with Gasteiger partial charge in [-0.05, 0) is 42.3 Å². The zero-order valence-electron chi connectivity index (χ0n) is 19.8. The second-order valence-corrected chi connectivity index (χ2v) is 8.73. The maximum Gasteiger partial charge on any atom is 0.416 e. The summed E-state index contributed by atoms with van der Waals surface area (Å²) in [5.41, 5.74) is -3.16. The van der Waals surface area contributed by atoms with Crippen LogP contribution in [-0.4, -0.2) is 66.7 Å². The number of carbonyl (C=O) groups excluding carboxylic acids is 2. The Labute approximate surface area is 207 Å². The number of rotatable bonds is 4. The highest BCUT2D eigenvalue weighted by atomic mass is 19.4. The third-order valence-corrected chi connectivity index (χ3v) is 6.41. The Bertz CT molecular complexity index is 1100. The van der Waals surface area contributed by atoms with E-state index >= 15 is 0 Å². The standard InChI is InChI=1S/C24H24F7N3O3/c1-32(18-10-15(23(26,27)28)9-16(11-18)24(29,30)31)22(37)33(2)20-7-8-34(21(36)13-35)12-19(20)14-3-5-17(25)6-4-14/h3-6,9-11,19-20,35H,7-8,12-13H2,1-2H3/t19-,20+/m0/s1. The molecule has 13 heteroatoms. The van der Waals surface area contributed by atoms with Gasteiger partial charge in [-0.15, -0.1) is 0 Å². The maximum absolute atomic E-state index is 13.5. The smallest absolute Gasteiger partial charge is 0.387 e. The Kier molecular flexibility index (Phi) is 8.06. The third kappa shape index (κ3) is 6.32. The van der Waals surface area contributed by atoms with Gasteiger partial charge in [-0.2, -0.15) is 26.3 Å². The second kappa shape index (κ2) is 10.6. The number of likely N-dealkylation sites (N-methyl/N-ethyl adjacent to an activating group) is 1. The van der Waals surface area contributed by atoms with E-state index in [4.69, 9.17) is 0 Å². The van der Waals surface area contributed by atoms with Crippen molar-refractivity contribution in [2.75, 3.05) is 38.7 Å². The molecule has 6 nitrogen and oxygen atoms in total. The molecular formula is C24H24F7N3O3. The Hall–Kier alpha value is -3.35. The van der Waals surface area contributed by atoms with Crippen molar-refractivity contribution in [3.63, 3.8) is 0 Å². The molecule has 37 heavy (non-hydrogen) atoms. The molecule has 0 spiro atoms. The number of hydrogen-bond acceptors (Lipinski definition) is 3. The lowest BCUT2D eigenvalue weighted by atomic mass is 9.85. The summed E-state index contributed by atoms with van der Waals surface area (Å²) in [6, 6.07) is 4.67.